The van der Waals surface area contributed by atoms with Crippen molar-refractivity contribution in [3.05, 3.63) is 30.6 Å². The van der Waals surface area contributed by atoms with Crippen LogP contribution in [0.5, 0.6) is 0 Å². The smallest absolute Gasteiger partial charge is 0.163 e. The summed E-state index contributed by atoms with van der Waals surface area (Å²) in [4.78, 5) is 0. The van der Waals surface area contributed by atoms with Crippen LogP contribution in [0.2, 0.25) is 0 Å². The van der Waals surface area contributed by atoms with Gasteiger partial charge in [0.25, 0.3) is 0 Å². The third-order valence-electron chi connectivity index (χ3n) is 4.40. The molecule has 0 radical (unpaired) electrons. The number of aryl methyl sites for hydroxylation is 1. The molecule has 1 saturated carbocycles. The molecular weight excluding hydrogens is 262 g/mol. The SMILES string of the molecule is Cn1cnnc1-c1cccc(NC2CCCCC2CN)c1. The highest BCUT2D eigenvalue weighted by molar-refractivity contribution is 5.62. The van der Waals surface area contributed by atoms with E-state index in [0.29, 0.717) is 12.0 Å². The van der Waals surface area contributed by atoms with Gasteiger partial charge in [-0.3, -0.25) is 0 Å². The molecule has 1 aromatic carbocycles. The monoisotopic (exact) mass is 285 g/mol. The summed E-state index contributed by atoms with van der Waals surface area (Å²) in [7, 11) is 1.96. The van der Waals surface area contributed by atoms with Crippen LogP contribution in [-0.2, 0) is 7.05 Å². The predicted octanol–water partition coefficient (Wildman–Crippen LogP) is 2.41. The van der Waals surface area contributed by atoms with Gasteiger partial charge in [-0.15, -0.1) is 10.2 Å². The van der Waals surface area contributed by atoms with Gasteiger partial charge in [0, 0.05) is 24.3 Å². The maximum absolute atomic E-state index is 5.91. The summed E-state index contributed by atoms with van der Waals surface area (Å²) in [5.74, 6) is 1.47. The fraction of sp³-hybridized carbons (Fsp3) is 0.500. The first kappa shape index (κ1) is 14.1. The van der Waals surface area contributed by atoms with Crippen molar-refractivity contribution in [2.75, 3.05) is 11.9 Å². The van der Waals surface area contributed by atoms with Crippen LogP contribution in [0.3, 0.4) is 0 Å². The minimum absolute atomic E-state index is 0.485. The number of nitrogens with one attached hydrogen (secondary N) is 1. The number of benzene rings is 1. The summed E-state index contributed by atoms with van der Waals surface area (Å²) in [6.07, 6.45) is 6.75. The number of anilines is 1. The Kier molecular flexibility index (Phi) is 4.20. The topological polar surface area (TPSA) is 68.8 Å². The minimum atomic E-state index is 0.485. The van der Waals surface area contributed by atoms with E-state index < -0.39 is 0 Å². The van der Waals surface area contributed by atoms with Crippen LogP contribution in [0.25, 0.3) is 11.4 Å². The molecule has 3 rings (SSSR count). The number of aromatic nitrogens is 3. The maximum atomic E-state index is 5.91. The van der Waals surface area contributed by atoms with Crippen molar-refractivity contribution in [1.29, 1.82) is 0 Å². The third kappa shape index (κ3) is 3.08. The second kappa shape index (κ2) is 6.26. The van der Waals surface area contributed by atoms with E-state index in [1.807, 2.05) is 11.6 Å². The molecular formula is C16H23N5. The third-order valence-corrected chi connectivity index (χ3v) is 4.40. The molecule has 1 fully saturated rings. The first-order valence-corrected chi connectivity index (χ1v) is 7.69. The fourth-order valence-corrected chi connectivity index (χ4v) is 3.19. The molecule has 0 spiro atoms. The quantitative estimate of drug-likeness (QED) is 0.905. The zero-order chi connectivity index (χ0) is 14.7. The summed E-state index contributed by atoms with van der Waals surface area (Å²) in [5.41, 5.74) is 8.14. The summed E-state index contributed by atoms with van der Waals surface area (Å²) < 4.78 is 1.93. The molecule has 0 amide bonds. The van der Waals surface area contributed by atoms with Crippen LogP contribution in [-0.4, -0.2) is 27.4 Å². The van der Waals surface area contributed by atoms with E-state index in [1.165, 1.54) is 25.7 Å². The minimum Gasteiger partial charge on any atom is -0.382 e. The normalized spacial score (nSPS) is 22.2. The van der Waals surface area contributed by atoms with Crippen molar-refractivity contribution in [2.45, 2.75) is 31.7 Å². The highest BCUT2D eigenvalue weighted by Gasteiger charge is 2.23. The van der Waals surface area contributed by atoms with Crippen molar-refractivity contribution < 1.29 is 0 Å². The number of hydrogen-bond acceptors (Lipinski definition) is 4. The molecule has 1 aromatic heterocycles. The molecule has 2 aromatic rings. The van der Waals surface area contributed by atoms with Crippen LogP contribution in [0, 0.1) is 5.92 Å². The average molecular weight is 285 g/mol. The first-order valence-electron chi connectivity index (χ1n) is 7.69. The largest absolute Gasteiger partial charge is 0.382 e. The van der Waals surface area contributed by atoms with Crippen LogP contribution >= 0.6 is 0 Å². The van der Waals surface area contributed by atoms with Gasteiger partial charge in [0.15, 0.2) is 5.82 Å². The van der Waals surface area contributed by atoms with Crippen LogP contribution < -0.4 is 11.1 Å². The Morgan fingerprint density at radius 3 is 2.95 bits per heavy atom. The molecule has 5 nitrogen and oxygen atoms in total. The molecule has 1 aliphatic rings. The average Bonchev–Trinajstić information content (AvgIpc) is 2.94. The van der Waals surface area contributed by atoms with Gasteiger partial charge in [0.2, 0.25) is 0 Å². The highest BCUT2D eigenvalue weighted by Crippen LogP contribution is 2.28. The number of rotatable bonds is 4. The Balaban J connectivity index is 1.78. The van der Waals surface area contributed by atoms with Crippen molar-refractivity contribution in [1.82, 2.24) is 14.8 Å². The lowest BCUT2D eigenvalue weighted by Crippen LogP contribution is -2.36. The molecule has 5 heteroatoms. The van der Waals surface area contributed by atoms with Gasteiger partial charge < -0.3 is 15.6 Å². The van der Waals surface area contributed by atoms with Crippen molar-refractivity contribution in [2.24, 2.45) is 18.7 Å². The van der Waals surface area contributed by atoms with Gasteiger partial charge in [-0.2, -0.15) is 0 Å². The molecule has 1 aliphatic carbocycles. The summed E-state index contributed by atoms with van der Waals surface area (Å²) in [6.45, 7) is 0.765. The number of nitrogens with two attached hydrogens (primary N) is 1. The van der Waals surface area contributed by atoms with Crippen molar-refractivity contribution in [3.8, 4) is 11.4 Å². The Hall–Kier alpha value is -1.88. The van der Waals surface area contributed by atoms with E-state index in [4.69, 9.17) is 5.73 Å². The fourth-order valence-electron chi connectivity index (χ4n) is 3.19. The summed E-state index contributed by atoms with van der Waals surface area (Å²) >= 11 is 0. The molecule has 2 unspecified atom stereocenters. The highest BCUT2D eigenvalue weighted by atomic mass is 15.2. The lowest BCUT2D eigenvalue weighted by Gasteiger charge is -2.32. The molecule has 21 heavy (non-hydrogen) atoms. The van der Waals surface area contributed by atoms with E-state index >= 15 is 0 Å². The lowest BCUT2D eigenvalue weighted by atomic mass is 9.84. The molecule has 2 atom stereocenters. The summed E-state index contributed by atoms with van der Waals surface area (Å²) in [6, 6.07) is 8.87. The van der Waals surface area contributed by atoms with Crippen molar-refractivity contribution >= 4 is 5.69 Å². The van der Waals surface area contributed by atoms with E-state index in [9.17, 15) is 0 Å². The first-order chi connectivity index (χ1) is 10.3. The molecule has 0 saturated heterocycles. The van der Waals surface area contributed by atoms with Crippen LogP contribution in [0.15, 0.2) is 30.6 Å². The lowest BCUT2D eigenvalue weighted by molar-refractivity contribution is 0.332. The van der Waals surface area contributed by atoms with Gasteiger partial charge in [0.1, 0.15) is 6.33 Å². The van der Waals surface area contributed by atoms with Gasteiger partial charge >= 0.3 is 0 Å². The second-order valence-corrected chi connectivity index (χ2v) is 5.88. The Bertz CT molecular complexity index is 592. The van der Waals surface area contributed by atoms with E-state index in [1.54, 1.807) is 6.33 Å². The maximum Gasteiger partial charge on any atom is 0.163 e. The van der Waals surface area contributed by atoms with E-state index in [0.717, 1.165) is 23.6 Å². The Labute approximate surface area is 125 Å². The second-order valence-electron chi connectivity index (χ2n) is 5.88. The Morgan fingerprint density at radius 1 is 1.33 bits per heavy atom. The number of hydrogen-bond donors (Lipinski definition) is 2. The van der Waals surface area contributed by atoms with Gasteiger partial charge in [-0.1, -0.05) is 25.0 Å². The van der Waals surface area contributed by atoms with Gasteiger partial charge in [0.05, 0.1) is 0 Å². The van der Waals surface area contributed by atoms with E-state index in [2.05, 4.69) is 39.8 Å². The molecule has 0 bridgehead atoms. The van der Waals surface area contributed by atoms with Crippen molar-refractivity contribution in [3.63, 3.8) is 0 Å². The van der Waals surface area contributed by atoms with Gasteiger partial charge in [-0.25, -0.2) is 0 Å². The molecule has 0 aliphatic heterocycles. The number of nitrogens with zero attached hydrogens (tertiary/aromatic N) is 3. The molecule has 112 valence electrons. The Morgan fingerprint density at radius 2 is 2.19 bits per heavy atom. The summed E-state index contributed by atoms with van der Waals surface area (Å²) in [5, 5.41) is 11.8. The van der Waals surface area contributed by atoms with Crippen LogP contribution in [0.4, 0.5) is 5.69 Å². The zero-order valence-corrected chi connectivity index (χ0v) is 12.5. The standard InChI is InChI=1S/C16H23N5/c1-21-11-18-20-16(21)12-6-4-7-14(9-12)19-15-8-3-2-5-13(15)10-17/h4,6-7,9,11,13,15,19H,2-3,5,8,10,17H2,1H3. The van der Waals surface area contributed by atoms with Crippen LogP contribution in [0.1, 0.15) is 25.7 Å². The molecule has 3 N–H and O–H groups in total. The predicted molar refractivity (Wildman–Crippen MR) is 84.9 cm³/mol. The van der Waals surface area contributed by atoms with Gasteiger partial charge in [-0.05, 0) is 37.4 Å². The molecule has 1 heterocycles. The zero-order valence-electron chi connectivity index (χ0n) is 12.5. The van der Waals surface area contributed by atoms with E-state index in [-0.39, 0.29) is 0 Å².